The van der Waals surface area contributed by atoms with E-state index >= 15 is 0 Å². The van der Waals surface area contributed by atoms with Crippen LogP contribution in [0.1, 0.15) is 18.9 Å². The van der Waals surface area contributed by atoms with Crippen LogP contribution in [0.3, 0.4) is 0 Å². The Balaban J connectivity index is 2.74. The van der Waals surface area contributed by atoms with Gasteiger partial charge in [0.05, 0.1) is 9.95 Å². The second-order valence-electron chi connectivity index (χ2n) is 3.98. The summed E-state index contributed by atoms with van der Waals surface area (Å²) in [4.78, 5) is 12.3. The number of nitro benzene ring substituents is 1. The lowest BCUT2D eigenvalue weighted by Gasteiger charge is -2.20. The molecule has 5 nitrogen and oxygen atoms in total. The van der Waals surface area contributed by atoms with Gasteiger partial charge in [-0.15, -0.1) is 0 Å². The number of non-ortho nitro benzene ring substituents is 1. The molecule has 0 spiro atoms. The maximum Gasteiger partial charge on any atom is 0.270 e. The van der Waals surface area contributed by atoms with Crippen LogP contribution in [0.2, 0.25) is 5.02 Å². The summed E-state index contributed by atoms with van der Waals surface area (Å²) in [7, 11) is 0. The molecule has 0 aromatic heterocycles. The molecule has 0 aliphatic carbocycles. The van der Waals surface area contributed by atoms with Crippen molar-refractivity contribution in [3.63, 3.8) is 0 Å². The van der Waals surface area contributed by atoms with Crippen LogP contribution in [0, 0.1) is 10.1 Å². The Morgan fingerprint density at radius 2 is 2.22 bits per heavy atom. The summed E-state index contributed by atoms with van der Waals surface area (Å²) < 4.78 is 0. The van der Waals surface area contributed by atoms with Crippen LogP contribution in [-0.2, 0) is 6.54 Å². The van der Waals surface area contributed by atoms with Gasteiger partial charge in [0.2, 0.25) is 0 Å². The fourth-order valence-electron chi connectivity index (χ4n) is 1.66. The van der Waals surface area contributed by atoms with Crippen LogP contribution in [0.5, 0.6) is 0 Å². The highest BCUT2D eigenvalue weighted by Gasteiger charge is 2.11. The predicted molar refractivity (Wildman–Crippen MR) is 70.8 cm³/mol. The minimum atomic E-state index is -0.459. The van der Waals surface area contributed by atoms with Crippen molar-refractivity contribution in [3.05, 3.63) is 38.9 Å². The Hall–Kier alpha value is -1.17. The van der Waals surface area contributed by atoms with E-state index in [9.17, 15) is 10.1 Å². The lowest BCUT2D eigenvalue weighted by Crippen LogP contribution is -2.24. The minimum absolute atomic E-state index is 0.00200. The molecule has 1 aromatic rings. The molecule has 1 aromatic carbocycles. The van der Waals surface area contributed by atoms with Crippen LogP contribution >= 0.6 is 11.6 Å². The van der Waals surface area contributed by atoms with Gasteiger partial charge in [0.1, 0.15) is 0 Å². The molecule has 0 saturated carbocycles. The maximum atomic E-state index is 10.6. The largest absolute Gasteiger partial charge is 0.396 e. The number of aliphatic hydroxyl groups excluding tert-OH is 1. The van der Waals surface area contributed by atoms with Crippen LogP contribution < -0.4 is 0 Å². The monoisotopic (exact) mass is 272 g/mol. The SMILES string of the molecule is CCN(CCCO)Cc1ccc([N+](=O)[O-])cc1Cl. The highest BCUT2D eigenvalue weighted by molar-refractivity contribution is 6.31. The first-order valence-corrected chi connectivity index (χ1v) is 6.22. The molecular weight excluding hydrogens is 256 g/mol. The van der Waals surface area contributed by atoms with E-state index in [2.05, 4.69) is 4.90 Å². The summed E-state index contributed by atoms with van der Waals surface area (Å²) >= 11 is 6.03. The van der Waals surface area contributed by atoms with Crippen molar-refractivity contribution < 1.29 is 10.0 Å². The molecule has 0 unspecified atom stereocenters. The average molecular weight is 273 g/mol. The molecule has 100 valence electrons. The Labute approximate surface area is 111 Å². The van der Waals surface area contributed by atoms with Gasteiger partial charge in [-0.2, -0.15) is 0 Å². The molecule has 0 bridgehead atoms. The summed E-state index contributed by atoms with van der Waals surface area (Å²) in [5.41, 5.74) is 0.865. The number of halogens is 1. The fraction of sp³-hybridized carbons (Fsp3) is 0.500. The molecule has 0 amide bonds. The number of aliphatic hydroxyl groups is 1. The zero-order valence-electron chi connectivity index (χ0n) is 10.3. The Morgan fingerprint density at radius 1 is 1.50 bits per heavy atom. The van der Waals surface area contributed by atoms with Gasteiger partial charge in [0.25, 0.3) is 5.69 Å². The molecule has 1 N–H and O–H groups in total. The van der Waals surface area contributed by atoms with Gasteiger partial charge in [0.15, 0.2) is 0 Å². The molecule has 18 heavy (non-hydrogen) atoms. The van der Waals surface area contributed by atoms with Gasteiger partial charge < -0.3 is 5.11 Å². The smallest absolute Gasteiger partial charge is 0.270 e. The topological polar surface area (TPSA) is 66.6 Å². The van der Waals surface area contributed by atoms with Crippen molar-refractivity contribution in [1.29, 1.82) is 0 Å². The second kappa shape index (κ2) is 7.31. The van der Waals surface area contributed by atoms with Gasteiger partial charge >= 0.3 is 0 Å². The number of nitrogens with zero attached hydrogens (tertiary/aromatic N) is 2. The van der Waals surface area contributed by atoms with Gasteiger partial charge in [-0.3, -0.25) is 15.0 Å². The summed E-state index contributed by atoms with van der Waals surface area (Å²) in [5.74, 6) is 0. The standard InChI is InChI=1S/C12H17ClN2O3/c1-2-14(6-3-7-16)9-10-4-5-11(15(17)18)8-12(10)13/h4-5,8,16H,2-3,6-7,9H2,1H3. The Kier molecular flexibility index (Phi) is 6.04. The van der Waals surface area contributed by atoms with E-state index in [4.69, 9.17) is 16.7 Å². The predicted octanol–water partition coefficient (Wildman–Crippen LogP) is 2.45. The van der Waals surface area contributed by atoms with Crippen LogP contribution in [0.25, 0.3) is 0 Å². The second-order valence-corrected chi connectivity index (χ2v) is 4.39. The van der Waals surface area contributed by atoms with Crippen molar-refractivity contribution in [1.82, 2.24) is 4.90 Å². The quantitative estimate of drug-likeness (QED) is 0.612. The molecule has 0 radical (unpaired) electrons. The van der Waals surface area contributed by atoms with E-state index in [1.807, 2.05) is 6.92 Å². The number of hydrogen-bond donors (Lipinski definition) is 1. The fourth-order valence-corrected chi connectivity index (χ4v) is 1.90. The summed E-state index contributed by atoms with van der Waals surface area (Å²) in [6.07, 6.45) is 0.707. The number of nitro groups is 1. The van der Waals surface area contributed by atoms with E-state index in [1.165, 1.54) is 12.1 Å². The molecule has 0 atom stereocenters. The molecule has 0 heterocycles. The molecule has 0 saturated heterocycles. The van der Waals surface area contributed by atoms with Gasteiger partial charge in [-0.25, -0.2) is 0 Å². The van der Waals surface area contributed by atoms with Gasteiger partial charge in [-0.05, 0) is 24.6 Å². The van der Waals surface area contributed by atoms with Crippen molar-refractivity contribution in [3.8, 4) is 0 Å². The first-order valence-electron chi connectivity index (χ1n) is 5.84. The van der Waals surface area contributed by atoms with Crippen molar-refractivity contribution in [2.75, 3.05) is 19.7 Å². The summed E-state index contributed by atoms with van der Waals surface area (Å²) in [6, 6.07) is 4.51. The van der Waals surface area contributed by atoms with Crippen molar-refractivity contribution in [2.24, 2.45) is 0 Å². The van der Waals surface area contributed by atoms with Crippen LogP contribution in [0.15, 0.2) is 18.2 Å². The summed E-state index contributed by atoms with van der Waals surface area (Å²) in [6.45, 7) is 4.43. The lowest BCUT2D eigenvalue weighted by molar-refractivity contribution is -0.384. The van der Waals surface area contributed by atoms with Crippen LogP contribution in [0.4, 0.5) is 5.69 Å². The number of rotatable bonds is 7. The van der Waals surface area contributed by atoms with Crippen molar-refractivity contribution >= 4 is 17.3 Å². The van der Waals surface area contributed by atoms with E-state index < -0.39 is 4.92 Å². The van der Waals surface area contributed by atoms with E-state index in [0.717, 1.165) is 18.7 Å². The number of hydrogen-bond acceptors (Lipinski definition) is 4. The Morgan fingerprint density at radius 3 is 2.72 bits per heavy atom. The number of benzene rings is 1. The molecular formula is C12H17ClN2O3. The normalized spacial score (nSPS) is 10.9. The van der Waals surface area contributed by atoms with Gasteiger partial charge in [-0.1, -0.05) is 18.5 Å². The highest BCUT2D eigenvalue weighted by Crippen LogP contribution is 2.23. The van der Waals surface area contributed by atoms with E-state index in [1.54, 1.807) is 6.07 Å². The van der Waals surface area contributed by atoms with Crippen molar-refractivity contribution in [2.45, 2.75) is 19.9 Å². The molecule has 0 aliphatic rings. The molecule has 1 rings (SSSR count). The lowest BCUT2D eigenvalue weighted by atomic mass is 10.2. The van der Waals surface area contributed by atoms with E-state index in [0.29, 0.717) is 18.0 Å². The average Bonchev–Trinajstić information content (AvgIpc) is 2.35. The molecule has 0 aliphatic heterocycles. The molecule has 0 fully saturated rings. The van der Waals surface area contributed by atoms with Crippen LogP contribution in [-0.4, -0.2) is 34.6 Å². The minimum Gasteiger partial charge on any atom is -0.396 e. The zero-order chi connectivity index (χ0) is 13.5. The third-order valence-electron chi connectivity index (χ3n) is 2.72. The van der Waals surface area contributed by atoms with Gasteiger partial charge in [0, 0.05) is 31.8 Å². The summed E-state index contributed by atoms with van der Waals surface area (Å²) in [5, 5.41) is 19.8. The third kappa shape index (κ3) is 4.25. The maximum absolute atomic E-state index is 10.6. The Bertz CT molecular complexity index is 412. The first-order chi connectivity index (χ1) is 8.58. The third-order valence-corrected chi connectivity index (χ3v) is 3.07. The first kappa shape index (κ1) is 14.9. The van der Waals surface area contributed by atoms with E-state index in [-0.39, 0.29) is 12.3 Å². The highest BCUT2D eigenvalue weighted by atomic mass is 35.5. The zero-order valence-corrected chi connectivity index (χ0v) is 11.1. The molecule has 6 heteroatoms.